The number of rotatable bonds is 4. The van der Waals surface area contributed by atoms with Crippen LogP contribution >= 0.6 is 0 Å². The minimum Gasteiger partial charge on any atom is -0.318 e. The molecule has 3 rings (SSSR count). The van der Waals surface area contributed by atoms with Gasteiger partial charge in [0.25, 0.3) is 0 Å². The number of aromatic nitrogens is 2. The molecule has 4 heteroatoms. The fourth-order valence-electron chi connectivity index (χ4n) is 2.22. The zero-order valence-corrected chi connectivity index (χ0v) is 11.5. The Morgan fingerprint density at radius 2 is 1.90 bits per heavy atom. The van der Waals surface area contributed by atoms with Gasteiger partial charge in [0.15, 0.2) is 5.82 Å². The summed E-state index contributed by atoms with van der Waals surface area (Å²) in [6.07, 6.45) is 1.72. The van der Waals surface area contributed by atoms with Crippen molar-refractivity contribution in [3.8, 4) is 0 Å². The number of nitrogens with zero attached hydrogens (tertiary/aromatic N) is 2. The van der Waals surface area contributed by atoms with Gasteiger partial charge in [0, 0.05) is 18.8 Å². The van der Waals surface area contributed by atoms with E-state index < -0.39 is 0 Å². The predicted octanol–water partition coefficient (Wildman–Crippen LogP) is 4.07. The number of nitrogens with one attached hydrogen (secondary N) is 1. The van der Waals surface area contributed by atoms with Crippen molar-refractivity contribution in [1.82, 2.24) is 10.2 Å². The minimum absolute atomic E-state index is 0.290. The average Bonchev–Trinajstić information content (AvgIpc) is 3.03. The molecule has 1 N–H and O–H groups in total. The van der Waals surface area contributed by atoms with Crippen LogP contribution in [0, 0.1) is 12.7 Å². The van der Waals surface area contributed by atoms with Crippen molar-refractivity contribution in [3.05, 3.63) is 84.7 Å². The number of H-pyrrole nitrogens is 1. The third-order valence-electron chi connectivity index (χ3n) is 3.25. The largest absolute Gasteiger partial charge is 0.318 e. The third kappa shape index (κ3) is 2.94. The average molecular weight is 280 g/mol. The van der Waals surface area contributed by atoms with E-state index in [4.69, 9.17) is 0 Å². The van der Waals surface area contributed by atoms with Gasteiger partial charge in [-0.05, 0) is 30.2 Å². The molecule has 2 aromatic carbocycles. The van der Waals surface area contributed by atoms with Crippen LogP contribution in [0.15, 0.2) is 60.8 Å². The Kier molecular flexibility index (Phi) is 3.69. The van der Waals surface area contributed by atoms with E-state index in [-0.39, 0.29) is 5.82 Å². The Morgan fingerprint density at radius 3 is 2.62 bits per heavy atom. The molecule has 0 saturated heterocycles. The van der Waals surface area contributed by atoms with Crippen molar-refractivity contribution < 1.29 is 4.39 Å². The van der Waals surface area contributed by atoms with Crippen LogP contribution < -0.4 is 4.90 Å². The highest BCUT2D eigenvalue weighted by Crippen LogP contribution is 2.29. The number of aromatic amines is 1. The molecule has 0 saturated carbocycles. The van der Waals surface area contributed by atoms with Crippen LogP contribution in [0.5, 0.6) is 0 Å². The van der Waals surface area contributed by atoms with Crippen molar-refractivity contribution in [2.75, 3.05) is 4.90 Å². The minimum atomic E-state index is -0.290. The zero-order valence-electron chi connectivity index (χ0n) is 11.5. The molecule has 1 aromatic heterocycles. The van der Waals surface area contributed by atoms with Gasteiger partial charge < -0.3 is 4.90 Å². The Labute approximate surface area is 123 Å². The molecule has 0 aliphatic heterocycles. The van der Waals surface area contributed by atoms with Crippen molar-refractivity contribution in [3.63, 3.8) is 0 Å². The highest BCUT2D eigenvalue weighted by Gasteiger charge is 2.16. The van der Waals surface area contributed by atoms with Gasteiger partial charge in [0.1, 0.15) is 5.82 Å². The van der Waals surface area contributed by atoms with Gasteiger partial charge in [0.05, 0.1) is 5.69 Å². The molecule has 0 aliphatic rings. The summed E-state index contributed by atoms with van der Waals surface area (Å²) in [6.45, 7) is 4.41. The smallest absolute Gasteiger partial charge is 0.155 e. The predicted molar refractivity (Wildman–Crippen MR) is 81.7 cm³/mol. The van der Waals surface area contributed by atoms with Gasteiger partial charge in [-0.3, -0.25) is 5.10 Å². The molecule has 105 valence electrons. The first-order chi connectivity index (χ1) is 10.2. The molecule has 0 amide bonds. The second kappa shape index (κ2) is 5.79. The molecule has 0 atom stereocenters. The topological polar surface area (TPSA) is 31.9 Å². The fraction of sp³-hybridized carbons (Fsp3) is 0.0588. The van der Waals surface area contributed by atoms with E-state index in [1.54, 1.807) is 18.3 Å². The van der Waals surface area contributed by atoms with Crippen molar-refractivity contribution >= 4 is 11.5 Å². The van der Waals surface area contributed by atoms with Gasteiger partial charge >= 0.3 is 0 Å². The van der Waals surface area contributed by atoms with Crippen LogP contribution in [-0.4, -0.2) is 10.2 Å². The van der Waals surface area contributed by atoms with E-state index in [2.05, 4.69) is 17.1 Å². The second-order valence-electron chi connectivity index (χ2n) is 4.79. The summed E-state index contributed by atoms with van der Waals surface area (Å²) in [7, 11) is 0. The maximum Gasteiger partial charge on any atom is 0.155 e. The Bertz CT molecular complexity index is 708. The summed E-state index contributed by atoms with van der Waals surface area (Å²) in [5.41, 5.74) is 2.31. The van der Waals surface area contributed by atoms with Crippen LogP contribution in [0.1, 0.15) is 11.1 Å². The van der Waals surface area contributed by atoms with Crippen molar-refractivity contribution in [2.24, 2.45) is 0 Å². The summed E-state index contributed by atoms with van der Waals surface area (Å²) in [6, 6.07) is 16.5. The molecule has 3 aromatic rings. The maximum absolute atomic E-state index is 14.2. The number of halogens is 1. The van der Waals surface area contributed by atoms with Crippen LogP contribution in [0.2, 0.25) is 0 Å². The highest BCUT2D eigenvalue weighted by molar-refractivity contribution is 5.61. The number of hydrogen-bond acceptors (Lipinski definition) is 2. The fourth-order valence-corrected chi connectivity index (χ4v) is 2.22. The SMILES string of the molecule is [CH2]c1ccc(F)c(N(Cc2ccccc2)c2cc[nH]n2)c1. The Hall–Kier alpha value is -2.62. The second-order valence-corrected chi connectivity index (χ2v) is 4.79. The van der Waals surface area contributed by atoms with Gasteiger partial charge in [-0.15, -0.1) is 0 Å². The zero-order chi connectivity index (χ0) is 14.7. The third-order valence-corrected chi connectivity index (χ3v) is 3.25. The maximum atomic E-state index is 14.2. The Morgan fingerprint density at radius 1 is 1.10 bits per heavy atom. The lowest BCUT2D eigenvalue weighted by atomic mass is 10.1. The van der Waals surface area contributed by atoms with Crippen LogP contribution in [-0.2, 0) is 6.54 Å². The number of hydrogen-bond donors (Lipinski definition) is 1. The van der Waals surface area contributed by atoms with E-state index in [1.165, 1.54) is 6.07 Å². The summed E-state index contributed by atoms with van der Waals surface area (Å²) in [5.74, 6) is 0.379. The molecule has 1 radical (unpaired) electrons. The van der Waals surface area contributed by atoms with E-state index in [0.717, 1.165) is 11.1 Å². The molecular weight excluding hydrogens is 265 g/mol. The summed E-state index contributed by atoms with van der Waals surface area (Å²) < 4.78 is 14.2. The first kappa shape index (κ1) is 13.4. The number of anilines is 2. The van der Waals surface area contributed by atoms with Crippen LogP contribution in [0.4, 0.5) is 15.9 Å². The summed E-state index contributed by atoms with van der Waals surface area (Å²) in [5, 5.41) is 6.94. The molecule has 3 nitrogen and oxygen atoms in total. The lowest BCUT2D eigenvalue weighted by molar-refractivity contribution is 0.624. The lowest BCUT2D eigenvalue weighted by Gasteiger charge is -2.23. The highest BCUT2D eigenvalue weighted by atomic mass is 19.1. The van der Waals surface area contributed by atoms with E-state index in [9.17, 15) is 4.39 Å². The normalized spacial score (nSPS) is 10.6. The molecule has 0 unspecified atom stereocenters. The van der Waals surface area contributed by atoms with Crippen LogP contribution in [0.25, 0.3) is 0 Å². The first-order valence-corrected chi connectivity index (χ1v) is 6.67. The first-order valence-electron chi connectivity index (χ1n) is 6.67. The number of benzene rings is 2. The van der Waals surface area contributed by atoms with E-state index >= 15 is 0 Å². The van der Waals surface area contributed by atoms with Crippen molar-refractivity contribution in [2.45, 2.75) is 6.54 Å². The van der Waals surface area contributed by atoms with E-state index in [1.807, 2.05) is 41.3 Å². The summed E-state index contributed by atoms with van der Waals surface area (Å²) >= 11 is 0. The molecule has 0 aliphatic carbocycles. The van der Waals surface area contributed by atoms with Gasteiger partial charge in [-0.2, -0.15) is 5.10 Å². The van der Waals surface area contributed by atoms with Gasteiger partial charge in [0.2, 0.25) is 0 Å². The van der Waals surface area contributed by atoms with Gasteiger partial charge in [-0.1, -0.05) is 36.4 Å². The quantitative estimate of drug-likeness (QED) is 0.781. The molecular formula is C17H15FN3. The van der Waals surface area contributed by atoms with E-state index in [0.29, 0.717) is 18.1 Å². The molecule has 0 spiro atoms. The molecule has 1 heterocycles. The Balaban J connectivity index is 2.02. The van der Waals surface area contributed by atoms with Crippen molar-refractivity contribution in [1.29, 1.82) is 0 Å². The standard InChI is InChI=1S/C17H15FN3/c1-13-7-8-15(18)16(11-13)21(17-9-10-19-20-17)12-14-5-3-2-4-6-14/h2-11H,1,12H2,(H,19,20). The monoisotopic (exact) mass is 280 g/mol. The van der Waals surface area contributed by atoms with Gasteiger partial charge in [-0.25, -0.2) is 4.39 Å². The molecule has 21 heavy (non-hydrogen) atoms. The molecule has 0 bridgehead atoms. The summed E-state index contributed by atoms with van der Waals surface area (Å²) in [4.78, 5) is 1.83. The van der Waals surface area contributed by atoms with Crippen LogP contribution in [0.3, 0.4) is 0 Å². The molecule has 0 fully saturated rings. The lowest BCUT2D eigenvalue weighted by Crippen LogP contribution is -2.18.